The minimum Gasteiger partial charge on any atom is -0.456 e. The van der Waals surface area contributed by atoms with E-state index in [4.69, 9.17) is 23.8 Å². The molecule has 10 aromatic rings. The predicted molar refractivity (Wildman–Crippen MR) is 202 cm³/mol. The summed E-state index contributed by atoms with van der Waals surface area (Å²) in [5.74, 6) is 1.90. The highest BCUT2D eigenvalue weighted by Crippen LogP contribution is 2.43. The molecule has 0 bridgehead atoms. The molecule has 0 N–H and O–H groups in total. The Morgan fingerprint density at radius 3 is 1.42 bits per heavy atom. The molecule has 0 atom stereocenters. The summed E-state index contributed by atoms with van der Waals surface area (Å²) in [5, 5.41) is 4.38. The van der Waals surface area contributed by atoms with E-state index in [-0.39, 0.29) is 0 Å². The van der Waals surface area contributed by atoms with Crippen molar-refractivity contribution in [2.75, 3.05) is 0 Å². The third-order valence-corrected chi connectivity index (χ3v) is 9.34. The van der Waals surface area contributed by atoms with Gasteiger partial charge < -0.3 is 8.83 Å². The molecule has 3 heterocycles. The van der Waals surface area contributed by atoms with Crippen molar-refractivity contribution in [3.05, 3.63) is 164 Å². The summed E-state index contributed by atoms with van der Waals surface area (Å²) in [6.07, 6.45) is 0. The van der Waals surface area contributed by atoms with Gasteiger partial charge >= 0.3 is 0 Å². The van der Waals surface area contributed by atoms with Crippen LogP contribution in [-0.2, 0) is 0 Å². The monoisotopic (exact) mass is 641 g/mol. The molecule has 0 aliphatic rings. The van der Waals surface area contributed by atoms with Crippen LogP contribution in [0.5, 0.6) is 0 Å². The van der Waals surface area contributed by atoms with Gasteiger partial charge in [-0.05, 0) is 58.7 Å². The molecule has 0 aliphatic carbocycles. The largest absolute Gasteiger partial charge is 0.456 e. The molecular weight excluding hydrogens is 615 g/mol. The van der Waals surface area contributed by atoms with E-state index in [9.17, 15) is 0 Å². The molecule has 0 spiro atoms. The Morgan fingerprint density at radius 1 is 0.300 bits per heavy atom. The Morgan fingerprint density at radius 2 is 0.760 bits per heavy atom. The Balaban J connectivity index is 1.09. The van der Waals surface area contributed by atoms with E-state index in [1.165, 1.54) is 0 Å². The second-order valence-corrected chi connectivity index (χ2v) is 12.4. The van der Waals surface area contributed by atoms with Gasteiger partial charge in [0.2, 0.25) is 0 Å². The van der Waals surface area contributed by atoms with Gasteiger partial charge in [0.05, 0.1) is 0 Å². The summed E-state index contributed by atoms with van der Waals surface area (Å²) in [7, 11) is 0. The van der Waals surface area contributed by atoms with Gasteiger partial charge in [0.25, 0.3) is 0 Å². The third-order valence-electron chi connectivity index (χ3n) is 9.34. The minimum absolute atomic E-state index is 0.620. The number of para-hydroxylation sites is 1. The second-order valence-electron chi connectivity index (χ2n) is 12.4. The summed E-state index contributed by atoms with van der Waals surface area (Å²) >= 11 is 0. The van der Waals surface area contributed by atoms with Crippen LogP contribution in [-0.4, -0.2) is 15.0 Å². The van der Waals surface area contributed by atoms with Gasteiger partial charge in [-0.1, -0.05) is 127 Å². The molecule has 0 unspecified atom stereocenters. The first kappa shape index (κ1) is 28.2. The molecule has 0 aliphatic heterocycles. The number of rotatable bonds is 5. The fourth-order valence-corrected chi connectivity index (χ4v) is 7.00. The highest BCUT2D eigenvalue weighted by molar-refractivity contribution is 6.19. The molecule has 0 saturated heterocycles. The van der Waals surface area contributed by atoms with Crippen molar-refractivity contribution in [3.63, 3.8) is 0 Å². The quantitative estimate of drug-likeness (QED) is 0.187. The van der Waals surface area contributed by atoms with Crippen LogP contribution in [0.25, 0.3) is 100 Å². The van der Waals surface area contributed by atoms with Crippen molar-refractivity contribution in [2.45, 2.75) is 0 Å². The van der Waals surface area contributed by atoms with Crippen molar-refractivity contribution < 1.29 is 8.83 Å². The van der Waals surface area contributed by atoms with Gasteiger partial charge in [-0.3, -0.25) is 0 Å². The summed E-state index contributed by atoms with van der Waals surface area (Å²) in [6, 6.07) is 55.7. The van der Waals surface area contributed by atoms with Crippen molar-refractivity contribution in [1.82, 2.24) is 15.0 Å². The van der Waals surface area contributed by atoms with E-state index >= 15 is 0 Å². The Hall–Kier alpha value is -6.85. The molecule has 50 heavy (non-hydrogen) atoms. The number of benzene rings is 7. The maximum absolute atomic E-state index is 6.55. The minimum atomic E-state index is 0.620. The molecule has 234 valence electrons. The summed E-state index contributed by atoms with van der Waals surface area (Å²) in [6.45, 7) is 0. The molecule has 3 aromatic heterocycles. The molecule has 7 aromatic carbocycles. The van der Waals surface area contributed by atoms with Crippen LogP contribution in [0.4, 0.5) is 0 Å². The lowest BCUT2D eigenvalue weighted by molar-refractivity contribution is 0.668. The van der Waals surface area contributed by atoms with E-state index in [2.05, 4.69) is 78.9 Å². The Bertz CT molecular complexity index is 2810. The number of hydrogen-bond donors (Lipinski definition) is 0. The van der Waals surface area contributed by atoms with E-state index < -0.39 is 0 Å². The summed E-state index contributed by atoms with van der Waals surface area (Å²) < 4.78 is 12.8. The highest BCUT2D eigenvalue weighted by atomic mass is 16.3. The van der Waals surface area contributed by atoms with Crippen LogP contribution < -0.4 is 0 Å². The number of hydrogen-bond acceptors (Lipinski definition) is 5. The molecule has 0 amide bonds. The van der Waals surface area contributed by atoms with Crippen LogP contribution in [0.3, 0.4) is 0 Å². The maximum atomic E-state index is 6.55. The number of aromatic nitrogens is 3. The lowest BCUT2D eigenvalue weighted by Gasteiger charge is -2.10. The van der Waals surface area contributed by atoms with Crippen molar-refractivity contribution in [1.29, 1.82) is 0 Å². The number of nitrogens with zero attached hydrogens (tertiary/aromatic N) is 3. The summed E-state index contributed by atoms with van der Waals surface area (Å²) in [5.41, 5.74) is 10.6. The third kappa shape index (κ3) is 4.67. The van der Waals surface area contributed by atoms with Gasteiger partial charge in [0.15, 0.2) is 17.5 Å². The average molecular weight is 642 g/mol. The van der Waals surface area contributed by atoms with Crippen molar-refractivity contribution in [2.24, 2.45) is 0 Å². The molecule has 5 heteroatoms. The zero-order valence-corrected chi connectivity index (χ0v) is 26.7. The van der Waals surface area contributed by atoms with Crippen LogP contribution in [0, 0.1) is 0 Å². The molecule has 10 rings (SSSR count). The van der Waals surface area contributed by atoms with Crippen LogP contribution in [0.15, 0.2) is 173 Å². The molecule has 0 saturated carbocycles. The standard InChI is InChI=1S/C45H27N3O2/c1-3-12-28(13-4-1)43-46-44(29-14-5-2-6-15-29)48-45(47-43)32-17-9-16-30(26-32)31-24-25-36-40(27-31)50-39-23-11-20-34(42(36)39)33-19-10-22-38-41(33)35-18-7-8-21-37(35)49-38/h1-27H. The number of furan rings is 2. The normalized spacial score (nSPS) is 11.6. The fraction of sp³-hybridized carbons (Fsp3) is 0. The topological polar surface area (TPSA) is 65.0 Å². The Labute approximate surface area is 287 Å². The molecular formula is C45H27N3O2. The zero-order valence-electron chi connectivity index (χ0n) is 26.7. The van der Waals surface area contributed by atoms with Crippen molar-refractivity contribution in [3.8, 4) is 56.4 Å². The van der Waals surface area contributed by atoms with E-state index in [0.717, 1.165) is 82.8 Å². The van der Waals surface area contributed by atoms with Crippen LogP contribution in [0.2, 0.25) is 0 Å². The Kier molecular flexibility index (Phi) is 6.42. The van der Waals surface area contributed by atoms with Gasteiger partial charge in [0, 0.05) is 38.2 Å². The van der Waals surface area contributed by atoms with E-state index in [1.54, 1.807) is 0 Å². The zero-order chi connectivity index (χ0) is 33.0. The van der Waals surface area contributed by atoms with Crippen LogP contribution in [0.1, 0.15) is 0 Å². The van der Waals surface area contributed by atoms with E-state index in [0.29, 0.717) is 17.5 Å². The first-order valence-electron chi connectivity index (χ1n) is 16.6. The van der Waals surface area contributed by atoms with Gasteiger partial charge in [-0.15, -0.1) is 0 Å². The SMILES string of the molecule is c1ccc(-c2nc(-c3ccccc3)nc(-c3cccc(-c4ccc5c(c4)oc4cccc(-c6cccc7oc8ccccc8c67)c45)c3)n2)cc1. The highest BCUT2D eigenvalue weighted by Gasteiger charge is 2.18. The summed E-state index contributed by atoms with van der Waals surface area (Å²) in [4.78, 5) is 14.7. The van der Waals surface area contributed by atoms with Crippen molar-refractivity contribution >= 4 is 43.9 Å². The second kappa shape index (κ2) is 11.4. The predicted octanol–water partition coefficient (Wildman–Crippen LogP) is 12.0. The smallest absolute Gasteiger partial charge is 0.164 e. The van der Waals surface area contributed by atoms with E-state index in [1.807, 2.05) is 84.9 Å². The molecule has 0 fully saturated rings. The maximum Gasteiger partial charge on any atom is 0.164 e. The lowest BCUT2D eigenvalue weighted by atomic mass is 9.95. The molecule has 0 radical (unpaired) electrons. The molecule has 5 nitrogen and oxygen atoms in total. The first-order chi connectivity index (χ1) is 24.8. The average Bonchev–Trinajstić information content (AvgIpc) is 3.77. The lowest BCUT2D eigenvalue weighted by Crippen LogP contribution is -2.00. The van der Waals surface area contributed by atoms with Gasteiger partial charge in [0.1, 0.15) is 22.3 Å². The fourth-order valence-electron chi connectivity index (χ4n) is 7.00. The van der Waals surface area contributed by atoms with Gasteiger partial charge in [-0.25, -0.2) is 15.0 Å². The number of fused-ring (bicyclic) bond motifs is 6. The van der Waals surface area contributed by atoms with Gasteiger partial charge in [-0.2, -0.15) is 0 Å². The first-order valence-corrected chi connectivity index (χ1v) is 16.6. The van der Waals surface area contributed by atoms with Crippen LogP contribution >= 0.6 is 0 Å².